The molecule has 0 aliphatic heterocycles. The van der Waals surface area contributed by atoms with Crippen molar-refractivity contribution in [2.75, 3.05) is 0 Å². The Hall–Kier alpha value is -1.63. The molecule has 1 aliphatic carbocycles. The molecular formula is C17H20N+. The molecule has 18 heavy (non-hydrogen) atoms. The number of aryl methyl sites for hydroxylation is 4. The molecule has 0 radical (unpaired) electrons. The van der Waals surface area contributed by atoms with Gasteiger partial charge in [-0.3, -0.25) is 0 Å². The maximum absolute atomic E-state index is 2.42. The number of fused-ring (bicyclic) bond motifs is 1. The molecule has 0 atom stereocenters. The first-order valence-corrected chi connectivity index (χ1v) is 6.83. The number of pyridine rings is 1. The van der Waals surface area contributed by atoms with E-state index in [9.17, 15) is 0 Å². The Morgan fingerprint density at radius 2 is 1.72 bits per heavy atom. The molecule has 1 aromatic heterocycles. The molecule has 0 amide bonds. The van der Waals surface area contributed by atoms with E-state index in [4.69, 9.17) is 0 Å². The van der Waals surface area contributed by atoms with Crippen molar-refractivity contribution in [1.29, 1.82) is 0 Å². The third-order valence-corrected chi connectivity index (χ3v) is 4.02. The summed E-state index contributed by atoms with van der Waals surface area (Å²) in [6.45, 7) is 2.23. The molecule has 2 aromatic rings. The molecule has 0 bridgehead atoms. The van der Waals surface area contributed by atoms with E-state index in [1.807, 2.05) is 0 Å². The van der Waals surface area contributed by atoms with Crippen LogP contribution in [-0.2, 0) is 19.9 Å². The fourth-order valence-corrected chi connectivity index (χ4v) is 2.99. The highest BCUT2D eigenvalue weighted by molar-refractivity contribution is 5.63. The molecule has 0 N–H and O–H groups in total. The minimum Gasteiger partial charge on any atom is -0.201 e. The SMILES string of the molecule is Cc1cc2c(cc1-c1cccc[n+]1C)CCCC2. The van der Waals surface area contributed by atoms with Gasteiger partial charge in [0, 0.05) is 17.7 Å². The van der Waals surface area contributed by atoms with E-state index >= 15 is 0 Å². The van der Waals surface area contributed by atoms with Crippen LogP contribution in [0.3, 0.4) is 0 Å². The zero-order chi connectivity index (χ0) is 12.5. The van der Waals surface area contributed by atoms with Crippen molar-refractivity contribution >= 4 is 0 Å². The molecule has 1 heteroatoms. The van der Waals surface area contributed by atoms with E-state index in [2.05, 4.69) is 55.1 Å². The standard InChI is InChI=1S/C17H20N/c1-13-11-14-7-3-4-8-15(14)12-16(13)17-9-5-6-10-18(17)2/h5-6,9-12H,3-4,7-8H2,1-2H3/q+1. The first kappa shape index (κ1) is 11.5. The molecule has 1 aliphatic rings. The van der Waals surface area contributed by atoms with Crippen molar-refractivity contribution < 1.29 is 4.57 Å². The number of aromatic nitrogens is 1. The van der Waals surface area contributed by atoms with E-state index in [1.165, 1.54) is 42.5 Å². The third-order valence-electron chi connectivity index (χ3n) is 4.02. The minimum absolute atomic E-state index is 1.25. The van der Waals surface area contributed by atoms with Crippen LogP contribution in [0.5, 0.6) is 0 Å². The number of hydrogen-bond donors (Lipinski definition) is 0. The number of rotatable bonds is 1. The predicted molar refractivity (Wildman–Crippen MR) is 74.4 cm³/mol. The Bertz CT molecular complexity index is 584. The van der Waals surface area contributed by atoms with E-state index in [1.54, 1.807) is 11.1 Å². The van der Waals surface area contributed by atoms with Crippen molar-refractivity contribution in [2.24, 2.45) is 7.05 Å². The summed E-state index contributed by atoms with van der Waals surface area (Å²) in [5.41, 5.74) is 7.23. The minimum atomic E-state index is 1.25. The van der Waals surface area contributed by atoms with Gasteiger partial charge in [0.1, 0.15) is 7.05 Å². The second-order valence-corrected chi connectivity index (χ2v) is 5.34. The Kier molecular flexibility index (Phi) is 2.91. The second-order valence-electron chi connectivity index (χ2n) is 5.34. The van der Waals surface area contributed by atoms with Gasteiger partial charge < -0.3 is 0 Å². The van der Waals surface area contributed by atoms with Crippen molar-refractivity contribution in [3.63, 3.8) is 0 Å². The normalized spacial score (nSPS) is 14.3. The molecule has 0 unspecified atom stereocenters. The van der Waals surface area contributed by atoms with E-state index in [-0.39, 0.29) is 0 Å². The van der Waals surface area contributed by atoms with Gasteiger partial charge in [-0.15, -0.1) is 0 Å². The van der Waals surface area contributed by atoms with Gasteiger partial charge in [0.05, 0.1) is 0 Å². The van der Waals surface area contributed by atoms with Gasteiger partial charge in [-0.25, -0.2) is 4.57 Å². The summed E-state index contributed by atoms with van der Waals surface area (Å²) in [5.74, 6) is 0. The van der Waals surface area contributed by atoms with Crippen LogP contribution in [0.15, 0.2) is 36.5 Å². The van der Waals surface area contributed by atoms with Crippen LogP contribution in [0, 0.1) is 6.92 Å². The molecule has 0 saturated heterocycles. The lowest BCUT2D eigenvalue weighted by Crippen LogP contribution is -2.30. The van der Waals surface area contributed by atoms with Gasteiger partial charge in [0.25, 0.3) is 0 Å². The summed E-state index contributed by atoms with van der Waals surface area (Å²) in [4.78, 5) is 0. The molecule has 0 fully saturated rings. The summed E-state index contributed by atoms with van der Waals surface area (Å²) in [6, 6.07) is 11.2. The Labute approximate surface area is 109 Å². The van der Waals surface area contributed by atoms with E-state index < -0.39 is 0 Å². The zero-order valence-electron chi connectivity index (χ0n) is 11.2. The molecule has 3 rings (SSSR count). The van der Waals surface area contributed by atoms with Gasteiger partial charge >= 0.3 is 0 Å². The van der Waals surface area contributed by atoms with Crippen LogP contribution in [0.4, 0.5) is 0 Å². The summed E-state index contributed by atoms with van der Waals surface area (Å²) in [6.07, 6.45) is 7.33. The molecule has 1 heterocycles. The summed E-state index contributed by atoms with van der Waals surface area (Å²) in [7, 11) is 2.12. The van der Waals surface area contributed by atoms with Gasteiger partial charge in [-0.2, -0.15) is 0 Å². The Morgan fingerprint density at radius 1 is 1.00 bits per heavy atom. The smallest absolute Gasteiger partial charge is 0.201 e. The molecule has 1 nitrogen and oxygen atoms in total. The Morgan fingerprint density at radius 3 is 2.44 bits per heavy atom. The summed E-state index contributed by atoms with van der Waals surface area (Å²) >= 11 is 0. The number of benzene rings is 1. The largest absolute Gasteiger partial charge is 0.212 e. The van der Waals surface area contributed by atoms with Crippen LogP contribution in [0.25, 0.3) is 11.3 Å². The zero-order valence-corrected chi connectivity index (χ0v) is 11.2. The molecule has 1 aromatic carbocycles. The fourth-order valence-electron chi connectivity index (χ4n) is 2.99. The van der Waals surface area contributed by atoms with Gasteiger partial charge in [0.15, 0.2) is 6.20 Å². The topological polar surface area (TPSA) is 3.88 Å². The maximum Gasteiger partial charge on any atom is 0.212 e. The van der Waals surface area contributed by atoms with Crippen molar-refractivity contribution in [1.82, 2.24) is 0 Å². The van der Waals surface area contributed by atoms with Gasteiger partial charge in [-0.1, -0.05) is 6.07 Å². The molecule has 0 saturated carbocycles. The maximum atomic E-state index is 2.42. The lowest BCUT2D eigenvalue weighted by Gasteiger charge is -2.18. The highest BCUT2D eigenvalue weighted by atomic mass is 14.9. The molecule has 0 spiro atoms. The first-order valence-electron chi connectivity index (χ1n) is 6.83. The number of hydrogen-bond acceptors (Lipinski definition) is 0. The first-order chi connectivity index (χ1) is 8.75. The average Bonchev–Trinajstić information content (AvgIpc) is 2.39. The van der Waals surface area contributed by atoms with Gasteiger partial charge in [0.2, 0.25) is 5.69 Å². The van der Waals surface area contributed by atoms with Gasteiger partial charge in [-0.05, 0) is 61.4 Å². The van der Waals surface area contributed by atoms with Crippen LogP contribution >= 0.6 is 0 Å². The van der Waals surface area contributed by atoms with Crippen LogP contribution in [0.2, 0.25) is 0 Å². The molecule has 92 valence electrons. The van der Waals surface area contributed by atoms with E-state index in [0.29, 0.717) is 0 Å². The van der Waals surface area contributed by atoms with Crippen LogP contribution in [0.1, 0.15) is 29.5 Å². The van der Waals surface area contributed by atoms with Crippen molar-refractivity contribution in [2.45, 2.75) is 32.6 Å². The van der Waals surface area contributed by atoms with Crippen molar-refractivity contribution in [3.8, 4) is 11.3 Å². The lowest BCUT2D eigenvalue weighted by atomic mass is 9.87. The highest BCUT2D eigenvalue weighted by Crippen LogP contribution is 2.29. The summed E-state index contributed by atoms with van der Waals surface area (Å²) in [5, 5.41) is 0. The predicted octanol–water partition coefficient (Wildman–Crippen LogP) is 3.37. The number of nitrogens with zero attached hydrogens (tertiary/aromatic N) is 1. The van der Waals surface area contributed by atoms with Crippen LogP contribution < -0.4 is 4.57 Å². The fraction of sp³-hybridized carbons (Fsp3) is 0.353. The average molecular weight is 238 g/mol. The van der Waals surface area contributed by atoms with E-state index in [0.717, 1.165) is 0 Å². The third kappa shape index (κ3) is 1.94. The lowest BCUT2D eigenvalue weighted by molar-refractivity contribution is -0.660. The van der Waals surface area contributed by atoms with Crippen molar-refractivity contribution in [3.05, 3.63) is 53.2 Å². The quantitative estimate of drug-likeness (QED) is 0.671. The second kappa shape index (κ2) is 4.56. The van der Waals surface area contributed by atoms with Crippen LogP contribution in [-0.4, -0.2) is 0 Å². The Balaban J connectivity index is 2.15. The summed E-state index contributed by atoms with van der Waals surface area (Å²) < 4.78 is 2.21. The molecular weight excluding hydrogens is 218 g/mol. The monoisotopic (exact) mass is 238 g/mol. The highest BCUT2D eigenvalue weighted by Gasteiger charge is 2.16.